The van der Waals surface area contributed by atoms with E-state index >= 15 is 0 Å². The van der Waals surface area contributed by atoms with Crippen molar-refractivity contribution >= 4 is 14.8 Å². The first kappa shape index (κ1) is 4.79. The van der Waals surface area contributed by atoms with Crippen molar-refractivity contribution < 1.29 is 0 Å². The van der Waals surface area contributed by atoms with Crippen molar-refractivity contribution in [2.24, 2.45) is 0 Å². The monoisotopic (exact) mass is 114 g/mol. The fourth-order valence-electron chi connectivity index (χ4n) is 0.433. The van der Waals surface area contributed by atoms with E-state index < -0.39 is 0 Å². The number of rotatable bonds is 0. The van der Waals surface area contributed by atoms with Gasteiger partial charge in [-0.05, 0) is 6.92 Å². The van der Waals surface area contributed by atoms with Gasteiger partial charge in [0.2, 0.25) is 0 Å². The minimum Gasteiger partial charge on any atom is -0.345 e. The summed E-state index contributed by atoms with van der Waals surface area (Å²) in [4.78, 5) is 6.94. The highest BCUT2D eigenvalue weighted by Crippen LogP contribution is 1.85. The lowest BCUT2D eigenvalue weighted by Gasteiger charge is -1.71. The normalized spacial score (nSPS) is 9.43. The Balaban J connectivity index is 3.04. The van der Waals surface area contributed by atoms with E-state index in [-0.39, 0.29) is 0 Å². The maximum Gasteiger partial charge on any atom is 0.122 e. The molecule has 0 spiro atoms. The molecule has 1 heterocycles. The molecule has 1 atom stereocenters. The SMILES string of the molecule is Cc1c[nH]c(P)n1. The zero-order valence-corrected chi connectivity index (χ0v) is 5.26. The van der Waals surface area contributed by atoms with Crippen LogP contribution in [0.4, 0.5) is 0 Å². The molecule has 3 heteroatoms. The summed E-state index contributed by atoms with van der Waals surface area (Å²) in [6.45, 7) is 1.95. The quantitative estimate of drug-likeness (QED) is 0.480. The van der Waals surface area contributed by atoms with E-state index in [0.717, 1.165) is 11.3 Å². The fourth-order valence-corrected chi connectivity index (χ4v) is 0.720. The molecule has 2 nitrogen and oxygen atoms in total. The fraction of sp³-hybridized carbons (Fsp3) is 0.250. The third-order valence-corrected chi connectivity index (χ3v) is 1.02. The molecule has 0 aliphatic heterocycles. The van der Waals surface area contributed by atoms with Crippen LogP contribution in [0.1, 0.15) is 5.69 Å². The molecule has 0 bridgehead atoms. The molecule has 1 aromatic rings. The van der Waals surface area contributed by atoms with Crippen LogP contribution in [-0.4, -0.2) is 9.97 Å². The van der Waals surface area contributed by atoms with E-state index in [9.17, 15) is 0 Å². The molecule has 38 valence electrons. The van der Waals surface area contributed by atoms with Crippen LogP contribution in [-0.2, 0) is 0 Å². The van der Waals surface area contributed by atoms with Gasteiger partial charge < -0.3 is 4.98 Å². The van der Waals surface area contributed by atoms with Gasteiger partial charge in [-0.3, -0.25) is 0 Å². The number of H-pyrrole nitrogens is 1. The topological polar surface area (TPSA) is 28.7 Å². The highest BCUT2D eigenvalue weighted by atomic mass is 31.0. The van der Waals surface area contributed by atoms with Crippen LogP contribution < -0.4 is 5.57 Å². The molecule has 1 unspecified atom stereocenters. The number of aromatic amines is 1. The Bertz CT molecular complexity index is 142. The zero-order valence-electron chi connectivity index (χ0n) is 4.10. The highest BCUT2D eigenvalue weighted by molar-refractivity contribution is 7.26. The van der Waals surface area contributed by atoms with Gasteiger partial charge in [0.05, 0.1) is 5.69 Å². The second kappa shape index (κ2) is 1.63. The third-order valence-electron chi connectivity index (χ3n) is 0.726. The number of aryl methyl sites for hydroxylation is 1. The number of aromatic nitrogens is 2. The molecule has 7 heavy (non-hydrogen) atoms. The first-order chi connectivity index (χ1) is 3.29. The first-order valence-corrected chi connectivity index (χ1v) is 2.64. The Hall–Kier alpha value is -0.360. The van der Waals surface area contributed by atoms with Gasteiger partial charge in [-0.15, -0.1) is 0 Å². The molecule has 0 saturated carbocycles. The first-order valence-electron chi connectivity index (χ1n) is 2.06. The Morgan fingerprint density at radius 2 is 2.57 bits per heavy atom. The summed E-state index contributed by atoms with van der Waals surface area (Å²) in [5.41, 5.74) is 1.93. The summed E-state index contributed by atoms with van der Waals surface area (Å²) in [7, 11) is 2.48. The largest absolute Gasteiger partial charge is 0.345 e. The van der Waals surface area contributed by atoms with Crippen molar-refractivity contribution in [3.8, 4) is 0 Å². The maximum absolute atomic E-state index is 4.02. The molecule has 0 fully saturated rings. The zero-order chi connectivity index (χ0) is 5.28. The molecule has 0 aromatic carbocycles. The van der Waals surface area contributed by atoms with Gasteiger partial charge in [-0.2, -0.15) is 0 Å². The van der Waals surface area contributed by atoms with Crippen molar-refractivity contribution in [1.82, 2.24) is 9.97 Å². The Morgan fingerprint density at radius 1 is 1.86 bits per heavy atom. The minimum atomic E-state index is 0.900. The van der Waals surface area contributed by atoms with Gasteiger partial charge in [0.25, 0.3) is 0 Å². The number of hydrogen-bond donors (Lipinski definition) is 1. The third kappa shape index (κ3) is 1.00. The second-order valence-electron chi connectivity index (χ2n) is 1.43. The van der Waals surface area contributed by atoms with E-state index in [2.05, 4.69) is 19.2 Å². The van der Waals surface area contributed by atoms with Crippen LogP contribution >= 0.6 is 9.24 Å². The molecule has 0 amide bonds. The Kier molecular flexibility index (Phi) is 1.11. The Morgan fingerprint density at radius 3 is 2.71 bits per heavy atom. The smallest absolute Gasteiger partial charge is 0.122 e. The molecule has 0 radical (unpaired) electrons. The van der Waals surface area contributed by atoms with Crippen molar-refractivity contribution in [3.05, 3.63) is 11.9 Å². The van der Waals surface area contributed by atoms with Gasteiger partial charge >= 0.3 is 0 Å². The second-order valence-corrected chi connectivity index (χ2v) is 1.97. The van der Waals surface area contributed by atoms with Crippen LogP contribution in [0.15, 0.2) is 6.20 Å². The predicted octanol–water partition coefficient (Wildman–Crippen LogP) is 0.219. The summed E-state index contributed by atoms with van der Waals surface area (Å²) in [6, 6.07) is 0. The Labute approximate surface area is 44.6 Å². The molecule has 0 aliphatic rings. The molecule has 1 aromatic heterocycles. The lowest BCUT2D eigenvalue weighted by molar-refractivity contribution is 1.30. The van der Waals surface area contributed by atoms with Crippen LogP contribution in [0.25, 0.3) is 0 Å². The van der Waals surface area contributed by atoms with Gasteiger partial charge in [-0.1, -0.05) is 9.24 Å². The van der Waals surface area contributed by atoms with Crippen LogP contribution in [0.5, 0.6) is 0 Å². The summed E-state index contributed by atoms with van der Waals surface area (Å²) < 4.78 is 0. The molecular weight excluding hydrogens is 107 g/mol. The lowest BCUT2D eigenvalue weighted by Crippen LogP contribution is -1.91. The van der Waals surface area contributed by atoms with Crippen molar-refractivity contribution in [1.29, 1.82) is 0 Å². The van der Waals surface area contributed by atoms with Gasteiger partial charge in [0.15, 0.2) is 0 Å². The lowest BCUT2D eigenvalue weighted by atomic mass is 10.6. The average Bonchev–Trinajstić information content (AvgIpc) is 1.87. The number of hydrogen-bond acceptors (Lipinski definition) is 1. The van der Waals surface area contributed by atoms with E-state index in [1.165, 1.54) is 0 Å². The molecule has 0 saturated heterocycles. The van der Waals surface area contributed by atoms with E-state index in [1.54, 1.807) is 0 Å². The van der Waals surface area contributed by atoms with E-state index in [4.69, 9.17) is 0 Å². The van der Waals surface area contributed by atoms with Gasteiger partial charge in [-0.25, -0.2) is 4.98 Å². The van der Waals surface area contributed by atoms with Crippen LogP contribution in [0.2, 0.25) is 0 Å². The molecule has 1 rings (SSSR count). The number of imidazole rings is 1. The number of nitrogens with zero attached hydrogens (tertiary/aromatic N) is 1. The molecular formula is C4H7N2P. The van der Waals surface area contributed by atoms with Gasteiger partial charge in [0, 0.05) is 6.20 Å². The molecule has 1 N–H and O–H groups in total. The summed E-state index contributed by atoms with van der Waals surface area (Å²) in [6.07, 6.45) is 1.86. The van der Waals surface area contributed by atoms with Gasteiger partial charge in [0.1, 0.15) is 5.57 Å². The highest BCUT2D eigenvalue weighted by Gasteiger charge is 1.84. The summed E-state index contributed by atoms with van der Waals surface area (Å²) in [5.74, 6) is 0. The van der Waals surface area contributed by atoms with E-state index in [1.807, 2.05) is 13.1 Å². The summed E-state index contributed by atoms with van der Waals surface area (Å²) in [5, 5.41) is 0. The van der Waals surface area contributed by atoms with Crippen LogP contribution in [0.3, 0.4) is 0 Å². The maximum atomic E-state index is 4.02. The van der Waals surface area contributed by atoms with Crippen molar-refractivity contribution in [3.63, 3.8) is 0 Å². The number of nitrogens with one attached hydrogen (secondary N) is 1. The van der Waals surface area contributed by atoms with E-state index in [0.29, 0.717) is 0 Å². The standard InChI is InChI=1S/C4H7N2P/c1-3-2-5-4(7)6-3/h2H,7H2,1H3,(H,5,6). The minimum absolute atomic E-state index is 0.900. The van der Waals surface area contributed by atoms with Crippen LogP contribution in [0, 0.1) is 6.92 Å². The predicted molar refractivity (Wildman–Crippen MR) is 32.7 cm³/mol. The average molecular weight is 114 g/mol. The molecule has 0 aliphatic carbocycles. The van der Waals surface area contributed by atoms with Crippen molar-refractivity contribution in [2.75, 3.05) is 0 Å². The summed E-state index contributed by atoms with van der Waals surface area (Å²) >= 11 is 0. The van der Waals surface area contributed by atoms with Crippen molar-refractivity contribution in [2.45, 2.75) is 6.92 Å².